The van der Waals surface area contributed by atoms with Crippen molar-refractivity contribution in [3.63, 3.8) is 0 Å². The molecule has 3 aromatic carbocycles. The molecule has 0 saturated heterocycles. The Morgan fingerprint density at radius 2 is 1.58 bits per heavy atom. The molecule has 0 unspecified atom stereocenters. The zero-order chi connectivity index (χ0) is 18.2. The van der Waals surface area contributed by atoms with E-state index in [1.54, 1.807) is 18.2 Å². The molecule has 0 atom stereocenters. The molecule has 0 saturated carbocycles. The summed E-state index contributed by atoms with van der Waals surface area (Å²) < 4.78 is 0. The third kappa shape index (κ3) is 4.98. The van der Waals surface area contributed by atoms with Crippen LogP contribution in [0.25, 0.3) is 6.08 Å². The smallest absolute Gasteiger partial charge is 0.248 e. The molecule has 0 heterocycles. The van der Waals surface area contributed by atoms with Crippen molar-refractivity contribution in [2.45, 2.75) is 6.54 Å². The van der Waals surface area contributed by atoms with Crippen LogP contribution < -0.4 is 16.4 Å². The lowest BCUT2D eigenvalue weighted by Crippen LogP contribution is -2.09. The Hall–Kier alpha value is -3.53. The zero-order valence-corrected chi connectivity index (χ0v) is 14.4. The van der Waals surface area contributed by atoms with E-state index in [1.807, 2.05) is 66.7 Å². The monoisotopic (exact) mass is 343 g/mol. The van der Waals surface area contributed by atoms with Crippen LogP contribution in [-0.2, 0) is 11.3 Å². The standard InChI is InChI=1S/C22H21N3O/c23-20-8-4-5-9-21(20)25-22(26)15-14-17-10-12-18(13-11-17)16-24-19-6-2-1-3-7-19/h1-15,24H,16,23H2,(H,25,26). The van der Waals surface area contributed by atoms with Crippen molar-refractivity contribution >= 4 is 29.0 Å². The van der Waals surface area contributed by atoms with Crippen LogP contribution in [0.3, 0.4) is 0 Å². The largest absolute Gasteiger partial charge is 0.397 e. The number of nitrogen functional groups attached to an aromatic ring is 1. The number of amides is 1. The van der Waals surface area contributed by atoms with Gasteiger partial charge in [-0.05, 0) is 41.5 Å². The lowest BCUT2D eigenvalue weighted by atomic mass is 10.1. The van der Waals surface area contributed by atoms with Gasteiger partial charge in [-0.25, -0.2) is 0 Å². The summed E-state index contributed by atoms with van der Waals surface area (Å²) in [7, 11) is 0. The molecule has 0 aliphatic heterocycles. The summed E-state index contributed by atoms with van der Waals surface area (Å²) >= 11 is 0. The number of nitrogens with two attached hydrogens (primary N) is 1. The fourth-order valence-electron chi connectivity index (χ4n) is 2.46. The van der Waals surface area contributed by atoms with Gasteiger partial charge in [0.15, 0.2) is 0 Å². The van der Waals surface area contributed by atoms with Crippen LogP contribution in [0.4, 0.5) is 17.1 Å². The number of anilines is 3. The number of benzene rings is 3. The van der Waals surface area contributed by atoms with Crippen molar-refractivity contribution in [2.24, 2.45) is 0 Å². The molecule has 0 bridgehead atoms. The Labute approximate surface area is 153 Å². The first kappa shape index (κ1) is 17.3. The molecular formula is C22H21N3O. The van der Waals surface area contributed by atoms with Crippen LogP contribution in [0.1, 0.15) is 11.1 Å². The molecule has 0 spiro atoms. The van der Waals surface area contributed by atoms with E-state index < -0.39 is 0 Å². The highest BCUT2D eigenvalue weighted by molar-refractivity contribution is 6.03. The average Bonchev–Trinajstić information content (AvgIpc) is 2.68. The minimum absolute atomic E-state index is 0.210. The van der Waals surface area contributed by atoms with Gasteiger partial charge in [0.05, 0.1) is 11.4 Å². The second-order valence-corrected chi connectivity index (χ2v) is 5.87. The SMILES string of the molecule is Nc1ccccc1NC(=O)C=Cc1ccc(CNc2ccccc2)cc1. The molecule has 4 heteroatoms. The normalized spacial score (nSPS) is 10.6. The van der Waals surface area contributed by atoms with Gasteiger partial charge in [0, 0.05) is 18.3 Å². The van der Waals surface area contributed by atoms with Gasteiger partial charge in [-0.2, -0.15) is 0 Å². The van der Waals surface area contributed by atoms with E-state index in [0.717, 1.165) is 17.8 Å². The molecule has 26 heavy (non-hydrogen) atoms. The number of carbonyl (C=O) groups excluding carboxylic acids is 1. The topological polar surface area (TPSA) is 67.1 Å². The third-order valence-electron chi connectivity index (χ3n) is 3.90. The van der Waals surface area contributed by atoms with Crippen molar-refractivity contribution in [2.75, 3.05) is 16.4 Å². The summed E-state index contributed by atoms with van der Waals surface area (Å²) in [4.78, 5) is 12.0. The molecule has 3 aromatic rings. The van der Waals surface area contributed by atoms with Crippen LogP contribution in [0, 0.1) is 0 Å². The molecule has 0 aliphatic rings. The van der Waals surface area contributed by atoms with E-state index in [2.05, 4.69) is 10.6 Å². The highest BCUT2D eigenvalue weighted by atomic mass is 16.1. The summed E-state index contributed by atoms with van der Waals surface area (Å²) in [6, 6.07) is 25.3. The molecule has 0 radical (unpaired) electrons. The molecule has 0 aliphatic carbocycles. The molecular weight excluding hydrogens is 322 g/mol. The summed E-state index contributed by atoms with van der Waals surface area (Å²) in [6.45, 7) is 0.752. The average molecular weight is 343 g/mol. The molecule has 4 N–H and O–H groups in total. The molecule has 0 fully saturated rings. The predicted octanol–water partition coefficient (Wildman–Crippen LogP) is 4.53. The maximum absolute atomic E-state index is 12.0. The molecule has 4 nitrogen and oxygen atoms in total. The summed E-state index contributed by atoms with van der Waals surface area (Å²) in [5.41, 5.74) is 10.2. The highest BCUT2D eigenvalue weighted by Gasteiger charge is 2.01. The van der Waals surface area contributed by atoms with Crippen molar-refractivity contribution in [1.29, 1.82) is 0 Å². The first-order valence-corrected chi connectivity index (χ1v) is 8.42. The van der Waals surface area contributed by atoms with Crippen molar-refractivity contribution in [3.05, 3.63) is 96.1 Å². The van der Waals surface area contributed by atoms with Crippen LogP contribution in [0.2, 0.25) is 0 Å². The van der Waals surface area contributed by atoms with Gasteiger partial charge in [0.25, 0.3) is 0 Å². The Bertz CT molecular complexity index is 887. The van der Waals surface area contributed by atoms with Crippen LogP contribution >= 0.6 is 0 Å². The zero-order valence-electron chi connectivity index (χ0n) is 14.4. The van der Waals surface area contributed by atoms with Crippen LogP contribution in [0.15, 0.2) is 84.9 Å². The number of hydrogen-bond acceptors (Lipinski definition) is 3. The first-order valence-electron chi connectivity index (χ1n) is 8.42. The quantitative estimate of drug-likeness (QED) is 0.455. The van der Waals surface area contributed by atoms with Gasteiger partial charge in [-0.15, -0.1) is 0 Å². The Balaban J connectivity index is 1.54. The van der Waals surface area contributed by atoms with Crippen LogP contribution in [-0.4, -0.2) is 5.91 Å². The second kappa shape index (κ2) is 8.53. The number of carbonyl (C=O) groups is 1. The summed E-state index contributed by atoms with van der Waals surface area (Å²) in [6.07, 6.45) is 3.28. The minimum Gasteiger partial charge on any atom is -0.397 e. The fraction of sp³-hybridized carbons (Fsp3) is 0.0455. The lowest BCUT2D eigenvalue weighted by molar-refractivity contribution is -0.111. The highest BCUT2D eigenvalue weighted by Crippen LogP contribution is 2.16. The van der Waals surface area contributed by atoms with Gasteiger partial charge < -0.3 is 16.4 Å². The number of hydrogen-bond donors (Lipinski definition) is 3. The minimum atomic E-state index is -0.210. The summed E-state index contributed by atoms with van der Waals surface area (Å²) in [5.74, 6) is -0.210. The van der Waals surface area contributed by atoms with Gasteiger partial charge >= 0.3 is 0 Å². The van der Waals surface area contributed by atoms with Crippen molar-refractivity contribution in [3.8, 4) is 0 Å². The molecule has 3 rings (SSSR count). The van der Waals surface area contributed by atoms with E-state index in [4.69, 9.17) is 5.73 Å². The number of rotatable bonds is 6. The molecule has 1 amide bonds. The van der Waals surface area contributed by atoms with Gasteiger partial charge in [0.2, 0.25) is 5.91 Å². The van der Waals surface area contributed by atoms with Gasteiger partial charge in [-0.1, -0.05) is 54.6 Å². The van der Waals surface area contributed by atoms with Gasteiger partial charge in [-0.3, -0.25) is 4.79 Å². The second-order valence-electron chi connectivity index (χ2n) is 5.87. The fourth-order valence-corrected chi connectivity index (χ4v) is 2.46. The van der Waals surface area contributed by atoms with E-state index in [-0.39, 0.29) is 5.91 Å². The molecule has 130 valence electrons. The van der Waals surface area contributed by atoms with Crippen molar-refractivity contribution < 1.29 is 4.79 Å². The Morgan fingerprint density at radius 1 is 0.885 bits per heavy atom. The molecule has 0 aromatic heterocycles. The lowest BCUT2D eigenvalue weighted by Gasteiger charge is -2.06. The Morgan fingerprint density at radius 3 is 2.31 bits per heavy atom. The summed E-state index contributed by atoms with van der Waals surface area (Å²) in [5, 5.41) is 6.14. The van der Waals surface area contributed by atoms with Crippen molar-refractivity contribution in [1.82, 2.24) is 0 Å². The number of para-hydroxylation sites is 3. The number of nitrogens with one attached hydrogen (secondary N) is 2. The Kier molecular flexibility index (Phi) is 5.68. The predicted molar refractivity (Wildman–Crippen MR) is 109 cm³/mol. The van der Waals surface area contributed by atoms with E-state index >= 15 is 0 Å². The van der Waals surface area contributed by atoms with E-state index in [0.29, 0.717) is 11.4 Å². The van der Waals surface area contributed by atoms with Gasteiger partial charge in [0.1, 0.15) is 0 Å². The van der Waals surface area contributed by atoms with Crippen LogP contribution in [0.5, 0.6) is 0 Å². The maximum atomic E-state index is 12.0. The first-order chi connectivity index (χ1) is 12.7. The third-order valence-corrected chi connectivity index (χ3v) is 3.90. The van der Waals surface area contributed by atoms with E-state index in [9.17, 15) is 4.79 Å². The maximum Gasteiger partial charge on any atom is 0.248 e. The van der Waals surface area contributed by atoms with E-state index in [1.165, 1.54) is 11.6 Å².